The summed E-state index contributed by atoms with van der Waals surface area (Å²) in [6.45, 7) is 0. The number of nitrogens with zero attached hydrogens (tertiary/aromatic N) is 1. The van der Waals surface area contributed by atoms with E-state index < -0.39 is 0 Å². The van der Waals surface area contributed by atoms with Crippen LogP contribution >= 0.6 is 0 Å². The van der Waals surface area contributed by atoms with Gasteiger partial charge in [-0.25, -0.2) is 0 Å². The smallest absolute Gasteiger partial charge is 0.160 e. The second-order valence-corrected chi connectivity index (χ2v) is 5.64. The Morgan fingerprint density at radius 1 is 0.917 bits per heavy atom. The normalized spacial score (nSPS) is 11.1. The lowest BCUT2D eigenvalue weighted by molar-refractivity contribution is 0.354. The third-order valence-corrected chi connectivity index (χ3v) is 4.18. The number of ether oxygens (including phenoxy) is 2. The topological polar surface area (TPSA) is 44.5 Å². The van der Waals surface area contributed by atoms with Crippen LogP contribution in [0.25, 0.3) is 21.9 Å². The largest absolute Gasteiger partial charge is 0.493 e. The molecule has 4 heteroatoms. The number of rotatable bonds is 4. The van der Waals surface area contributed by atoms with Crippen LogP contribution in [0.4, 0.5) is 0 Å². The maximum absolute atomic E-state index is 5.47. The standard InChI is InChI=1S/C20H17NO3/c1-22-18-7-3-13(12-19(18)23-2)11-15-6-4-14-5-8-17-16(9-10-24-17)20(14)21-15/h3-10,12H,11H2,1-2H3. The zero-order chi connectivity index (χ0) is 16.5. The second-order valence-electron chi connectivity index (χ2n) is 5.64. The minimum atomic E-state index is 0.727. The van der Waals surface area contributed by atoms with Crippen molar-refractivity contribution in [1.82, 2.24) is 4.98 Å². The average molecular weight is 319 g/mol. The van der Waals surface area contributed by atoms with Gasteiger partial charge < -0.3 is 13.9 Å². The Morgan fingerprint density at radius 2 is 1.75 bits per heavy atom. The molecule has 0 N–H and O–H groups in total. The molecule has 120 valence electrons. The molecule has 0 unspecified atom stereocenters. The van der Waals surface area contributed by atoms with Crippen molar-refractivity contribution in [3.8, 4) is 11.5 Å². The average Bonchev–Trinajstić information content (AvgIpc) is 3.11. The van der Waals surface area contributed by atoms with E-state index in [0.717, 1.165) is 51.0 Å². The van der Waals surface area contributed by atoms with Gasteiger partial charge in [0.2, 0.25) is 0 Å². The molecule has 0 spiro atoms. The molecular weight excluding hydrogens is 302 g/mol. The van der Waals surface area contributed by atoms with Crippen molar-refractivity contribution >= 4 is 21.9 Å². The summed E-state index contributed by atoms with van der Waals surface area (Å²) in [6.07, 6.45) is 2.43. The van der Waals surface area contributed by atoms with Crippen LogP contribution in [0.2, 0.25) is 0 Å². The predicted molar refractivity (Wildman–Crippen MR) is 93.9 cm³/mol. The number of furan rings is 1. The Labute approximate surface area is 139 Å². The van der Waals surface area contributed by atoms with Gasteiger partial charge in [-0.3, -0.25) is 4.98 Å². The molecule has 0 radical (unpaired) electrons. The van der Waals surface area contributed by atoms with E-state index in [1.165, 1.54) is 0 Å². The molecule has 4 aromatic rings. The monoisotopic (exact) mass is 319 g/mol. The molecule has 2 heterocycles. The van der Waals surface area contributed by atoms with Crippen molar-refractivity contribution in [1.29, 1.82) is 0 Å². The summed E-state index contributed by atoms with van der Waals surface area (Å²) in [7, 11) is 3.28. The molecule has 4 nitrogen and oxygen atoms in total. The lowest BCUT2D eigenvalue weighted by atomic mass is 10.1. The zero-order valence-corrected chi connectivity index (χ0v) is 13.6. The fourth-order valence-electron chi connectivity index (χ4n) is 2.97. The maximum Gasteiger partial charge on any atom is 0.160 e. The summed E-state index contributed by atoms with van der Waals surface area (Å²) in [4.78, 5) is 4.84. The first-order valence-corrected chi connectivity index (χ1v) is 7.75. The van der Waals surface area contributed by atoms with Gasteiger partial charge in [0.05, 0.1) is 26.0 Å². The van der Waals surface area contributed by atoms with Gasteiger partial charge in [-0.1, -0.05) is 12.1 Å². The van der Waals surface area contributed by atoms with Crippen LogP contribution < -0.4 is 9.47 Å². The van der Waals surface area contributed by atoms with Gasteiger partial charge in [0.25, 0.3) is 0 Å². The summed E-state index contributed by atoms with van der Waals surface area (Å²) < 4.78 is 16.1. The molecule has 0 fully saturated rings. The fraction of sp³-hybridized carbons (Fsp3) is 0.150. The Kier molecular flexibility index (Phi) is 3.58. The summed E-state index contributed by atoms with van der Waals surface area (Å²) in [5.41, 5.74) is 3.96. The SMILES string of the molecule is COc1ccc(Cc2ccc3ccc4occc4c3n2)cc1OC. The fourth-order valence-corrected chi connectivity index (χ4v) is 2.97. The van der Waals surface area contributed by atoms with Crippen molar-refractivity contribution in [2.24, 2.45) is 0 Å². The van der Waals surface area contributed by atoms with Crippen molar-refractivity contribution in [2.75, 3.05) is 14.2 Å². The van der Waals surface area contributed by atoms with Gasteiger partial charge in [-0.05, 0) is 42.0 Å². The van der Waals surface area contributed by atoms with E-state index in [0.29, 0.717) is 0 Å². The highest BCUT2D eigenvalue weighted by Gasteiger charge is 2.08. The zero-order valence-electron chi connectivity index (χ0n) is 13.6. The highest BCUT2D eigenvalue weighted by molar-refractivity contribution is 6.03. The van der Waals surface area contributed by atoms with Crippen LogP contribution in [-0.4, -0.2) is 19.2 Å². The molecule has 24 heavy (non-hydrogen) atoms. The highest BCUT2D eigenvalue weighted by Crippen LogP contribution is 2.29. The van der Waals surface area contributed by atoms with Crippen molar-refractivity contribution in [2.45, 2.75) is 6.42 Å². The summed E-state index contributed by atoms with van der Waals surface area (Å²) in [6, 6.07) is 16.1. The Morgan fingerprint density at radius 3 is 2.58 bits per heavy atom. The molecular formula is C20H17NO3. The first kappa shape index (κ1) is 14.6. The van der Waals surface area contributed by atoms with Gasteiger partial charge >= 0.3 is 0 Å². The number of hydrogen-bond donors (Lipinski definition) is 0. The van der Waals surface area contributed by atoms with E-state index in [9.17, 15) is 0 Å². The van der Waals surface area contributed by atoms with Crippen LogP contribution in [0.15, 0.2) is 59.2 Å². The number of pyridine rings is 1. The van der Waals surface area contributed by atoms with Crippen LogP contribution in [0, 0.1) is 0 Å². The molecule has 0 saturated heterocycles. The van der Waals surface area contributed by atoms with Crippen LogP contribution in [-0.2, 0) is 6.42 Å². The van der Waals surface area contributed by atoms with E-state index >= 15 is 0 Å². The Bertz CT molecular complexity index is 1020. The molecule has 0 atom stereocenters. The molecule has 0 saturated carbocycles. The predicted octanol–water partition coefficient (Wildman–Crippen LogP) is 4.59. The summed E-state index contributed by atoms with van der Waals surface area (Å²) in [5, 5.41) is 2.15. The van der Waals surface area contributed by atoms with Gasteiger partial charge in [-0.15, -0.1) is 0 Å². The molecule has 2 aromatic carbocycles. The number of hydrogen-bond acceptors (Lipinski definition) is 4. The van der Waals surface area contributed by atoms with Crippen molar-refractivity contribution < 1.29 is 13.9 Å². The van der Waals surface area contributed by atoms with Gasteiger partial charge in [0, 0.05) is 22.9 Å². The lowest BCUT2D eigenvalue weighted by Crippen LogP contribution is -1.96. The maximum atomic E-state index is 5.47. The van der Waals surface area contributed by atoms with Gasteiger partial charge in [0.1, 0.15) is 5.58 Å². The van der Waals surface area contributed by atoms with E-state index in [-0.39, 0.29) is 0 Å². The first-order valence-electron chi connectivity index (χ1n) is 7.75. The molecule has 0 amide bonds. The summed E-state index contributed by atoms with van der Waals surface area (Å²) in [5.74, 6) is 1.46. The second kappa shape index (κ2) is 5.89. The van der Waals surface area contributed by atoms with Gasteiger partial charge in [-0.2, -0.15) is 0 Å². The van der Waals surface area contributed by atoms with Crippen molar-refractivity contribution in [3.63, 3.8) is 0 Å². The van der Waals surface area contributed by atoms with E-state index in [2.05, 4.69) is 12.1 Å². The molecule has 0 aliphatic rings. The number of fused-ring (bicyclic) bond motifs is 3. The van der Waals surface area contributed by atoms with Crippen LogP contribution in [0.1, 0.15) is 11.3 Å². The van der Waals surface area contributed by atoms with Crippen molar-refractivity contribution in [3.05, 3.63) is 66.1 Å². The number of methoxy groups -OCH3 is 2. The number of aromatic nitrogens is 1. The van der Waals surface area contributed by atoms with Gasteiger partial charge in [0.15, 0.2) is 11.5 Å². The van der Waals surface area contributed by atoms with Crippen LogP contribution in [0.5, 0.6) is 11.5 Å². The van der Waals surface area contributed by atoms with E-state index in [1.54, 1.807) is 20.5 Å². The molecule has 4 rings (SSSR count). The Balaban J connectivity index is 1.74. The first-order chi connectivity index (χ1) is 11.8. The quantitative estimate of drug-likeness (QED) is 0.552. The van der Waals surface area contributed by atoms with E-state index in [1.807, 2.05) is 36.4 Å². The highest BCUT2D eigenvalue weighted by atomic mass is 16.5. The van der Waals surface area contributed by atoms with E-state index in [4.69, 9.17) is 18.9 Å². The molecule has 0 aliphatic heterocycles. The third-order valence-electron chi connectivity index (χ3n) is 4.18. The Hall–Kier alpha value is -3.01. The third kappa shape index (κ3) is 2.46. The molecule has 2 aromatic heterocycles. The lowest BCUT2D eigenvalue weighted by Gasteiger charge is -2.10. The minimum Gasteiger partial charge on any atom is -0.493 e. The number of benzene rings is 2. The molecule has 0 bridgehead atoms. The van der Waals surface area contributed by atoms with Crippen LogP contribution in [0.3, 0.4) is 0 Å². The summed E-state index contributed by atoms with van der Waals surface area (Å²) >= 11 is 0. The minimum absolute atomic E-state index is 0.727. The molecule has 0 aliphatic carbocycles.